The summed E-state index contributed by atoms with van der Waals surface area (Å²) in [5.41, 5.74) is 0. The van der Waals surface area contributed by atoms with Crippen LogP contribution in [0.1, 0.15) is 19.8 Å². The van der Waals surface area contributed by atoms with Gasteiger partial charge < -0.3 is 9.47 Å². The fraction of sp³-hybridized carbons (Fsp3) is 0.333. The van der Waals surface area contributed by atoms with Gasteiger partial charge in [0, 0.05) is 5.88 Å². The van der Waals surface area contributed by atoms with E-state index in [0.29, 0.717) is 31.3 Å². The number of alkyl halides is 1. The van der Waals surface area contributed by atoms with Crippen molar-refractivity contribution in [3.63, 3.8) is 0 Å². The second-order valence-corrected chi connectivity index (χ2v) is 8.57. The predicted molar refractivity (Wildman–Crippen MR) is 105 cm³/mol. The van der Waals surface area contributed by atoms with Crippen molar-refractivity contribution in [3.05, 3.63) is 46.4 Å². The first-order valence-corrected chi connectivity index (χ1v) is 10.8. The summed E-state index contributed by atoms with van der Waals surface area (Å²) in [5.74, 6) is 1.31. The molecular weight excluding hydrogens is 419 g/mol. The lowest BCUT2D eigenvalue weighted by Gasteiger charge is -2.12. The average Bonchev–Trinajstić information content (AvgIpc) is 2.62. The van der Waals surface area contributed by atoms with E-state index in [9.17, 15) is 8.42 Å². The molecule has 0 atom stereocenters. The van der Waals surface area contributed by atoms with Crippen molar-refractivity contribution >= 4 is 44.6 Å². The Kier molecular flexibility index (Phi) is 7.89. The molecule has 0 amide bonds. The van der Waals surface area contributed by atoms with Crippen molar-refractivity contribution < 1.29 is 17.9 Å². The first kappa shape index (κ1) is 21.2. The number of sulfone groups is 1. The summed E-state index contributed by atoms with van der Waals surface area (Å²) >= 11 is 17.9. The van der Waals surface area contributed by atoms with Gasteiger partial charge in [-0.15, -0.1) is 11.6 Å². The molecule has 4 nitrogen and oxygen atoms in total. The molecule has 8 heteroatoms. The molecule has 0 aliphatic rings. The van der Waals surface area contributed by atoms with Gasteiger partial charge in [-0.05, 0) is 49.2 Å². The van der Waals surface area contributed by atoms with E-state index >= 15 is 0 Å². The quantitative estimate of drug-likeness (QED) is 0.377. The summed E-state index contributed by atoms with van der Waals surface area (Å²) in [5, 5.41) is 0.266. The van der Waals surface area contributed by atoms with Gasteiger partial charge in [0.2, 0.25) is 9.84 Å². The van der Waals surface area contributed by atoms with Gasteiger partial charge in [-0.25, -0.2) is 8.42 Å². The molecule has 0 spiro atoms. The molecule has 0 aromatic heterocycles. The van der Waals surface area contributed by atoms with Crippen LogP contribution < -0.4 is 9.47 Å². The summed E-state index contributed by atoms with van der Waals surface area (Å²) < 4.78 is 36.6. The number of hydrogen-bond donors (Lipinski definition) is 0. The SMILES string of the molecule is CCCOc1ccc(S(=O)(=O)c2cc(Cl)c(OCCCCl)c(Cl)c2)cc1. The molecule has 0 aliphatic heterocycles. The van der Waals surface area contributed by atoms with E-state index in [2.05, 4.69) is 0 Å². The molecule has 0 saturated heterocycles. The second kappa shape index (κ2) is 9.70. The highest BCUT2D eigenvalue weighted by molar-refractivity contribution is 7.91. The van der Waals surface area contributed by atoms with Crippen molar-refractivity contribution in [3.8, 4) is 11.5 Å². The summed E-state index contributed by atoms with van der Waals surface area (Å²) in [6, 6.07) is 8.89. The van der Waals surface area contributed by atoms with Crippen LogP contribution in [0.5, 0.6) is 11.5 Å². The van der Waals surface area contributed by atoms with Gasteiger partial charge in [0.05, 0.1) is 33.0 Å². The maximum atomic E-state index is 12.8. The third kappa shape index (κ3) is 5.19. The monoisotopic (exact) mass is 436 g/mol. The predicted octanol–water partition coefficient (Wildman–Crippen LogP) is 5.62. The van der Waals surface area contributed by atoms with Gasteiger partial charge in [-0.2, -0.15) is 0 Å². The van der Waals surface area contributed by atoms with Gasteiger partial charge in [0.15, 0.2) is 5.75 Å². The van der Waals surface area contributed by atoms with Crippen molar-refractivity contribution in [1.82, 2.24) is 0 Å². The zero-order valence-corrected chi connectivity index (χ0v) is 17.3. The van der Waals surface area contributed by atoms with Gasteiger partial charge in [-0.1, -0.05) is 30.1 Å². The van der Waals surface area contributed by atoms with Gasteiger partial charge in [0.1, 0.15) is 5.75 Å². The lowest BCUT2D eigenvalue weighted by Crippen LogP contribution is -2.04. The number of benzene rings is 2. The van der Waals surface area contributed by atoms with Crippen LogP contribution in [-0.4, -0.2) is 27.5 Å². The molecule has 2 aromatic rings. The molecule has 2 rings (SSSR count). The largest absolute Gasteiger partial charge is 0.494 e. The molecule has 0 unspecified atom stereocenters. The van der Waals surface area contributed by atoms with Crippen molar-refractivity contribution in [2.75, 3.05) is 19.1 Å². The number of ether oxygens (including phenoxy) is 2. The number of halogens is 3. The number of rotatable bonds is 9. The molecular formula is C18H19Cl3O4S. The summed E-state index contributed by atoms with van der Waals surface area (Å²) in [6.07, 6.45) is 1.50. The highest BCUT2D eigenvalue weighted by atomic mass is 35.5. The van der Waals surface area contributed by atoms with Crippen LogP contribution in [0, 0.1) is 0 Å². The molecule has 2 aromatic carbocycles. The first-order valence-electron chi connectivity index (χ1n) is 8.06. The Labute approximate surface area is 168 Å². The third-order valence-electron chi connectivity index (χ3n) is 3.41. The van der Waals surface area contributed by atoms with Crippen molar-refractivity contribution in [2.45, 2.75) is 29.6 Å². The number of hydrogen-bond acceptors (Lipinski definition) is 4. The van der Waals surface area contributed by atoms with E-state index in [1.54, 1.807) is 12.1 Å². The minimum Gasteiger partial charge on any atom is -0.494 e. The second-order valence-electron chi connectivity index (χ2n) is 5.43. The molecule has 26 heavy (non-hydrogen) atoms. The molecule has 0 fully saturated rings. The Balaban J connectivity index is 2.28. The maximum Gasteiger partial charge on any atom is 0.206 e. The Bertz CT molecular complexity index is 813. The standard InChI is InChI=1S/C18H19Cl3O4S/c1-2-9-24-13-4-6-14(7-5-13)26(22,23)15-11-16(20)18(17(21)12-15)25-10-3-8-19/h4-7,11-12H,2-3,8-10H2,1H3. The van der Waals surface area contributed by atoms with Crippen molar-refractivity contribution in [1.29, 1.82) is 0 Å². The average molecular weight is 438 g/mol. The topological polar surface area (TPSA) is 52.6 Å². The molecule has 0 bridgehead atoms. The third-order valence-corrected chi connectivity index (χ3v) is 5.99. The fourth-order valence-corrected chi connectivity index (χ4v) is 4.28. The van der Waals surface area contributed by atoms with Crippen LogP contribution in [0.25, 0.3) is 0 Å². The summed E-state index contributed by atoms with van der Waals surface area (Å²) in [7, 11) is -3.76. The van der Waals surface area contributed by atoms with E-state index in [1.807, 2.05) is 6.92 Å². The van der Waals surface area contributed by atoms with E-state index in [0.717, 1.165) is 6.42 Å². The molecule has 0 N–H and O–H groups in total. The van der Waals surface area contributed by atoms with Crippen molar-refractivity contribution in [2.24, 2.45) is 0 Å². The Morgan fingerprint density at radius 2 is 1.54 bits per heavy atom. The first-order chi connectivity index (χ1) is 12.4. The zero-order valence-electron chi connectivity index (χ0n) is 14.2. The van der Waals surface area contributed by atoms with Crippen LogP contribution in [0.15, 0.2) is 46.2 Å². The smallest absolute Gasteiger partial charge is 0.206 e. The Hall–Kier alpha value is -1.14. The van der Waals surface area contributed by atoms with Gasteiger partial charge in [-0.3, -0.25) is 0 Å². The Morgan fingerprint density at radius 3 is 2.08 bits per heavy atom. The Morgan fingerprint density at radius 1 is 0.923 bits per heavy atom. The van der Waals surface area contributed by atoms with Gasteiger partial charge in [0.25, 0.3) is 0 Å². The van der Waals surface area contributed by atoms with Crippen LogP contribution in [0.4, 0.5) is 0 Å². The molecule has 0 saturated carbocycles. The zero-order chi connectivity index (χ0) is 19.2. The van der Waals surface area contributed by atoms with Crippen LogP contribution in [0.3, 0.4) is 0 Å². The van der Waals surface area contributed by atoms with E-state index in [1.165, 1.54) is 24.3 Å². The fourth-order valence-electron chi connectivity index (χ4n) is 2.13. The molecule has 142 valence electrons. The molecule has 0 radical (unpaired) electrons. The van der Waals surface area contributed by atoms with E-state index in [4.69, 9.17) is 44.3 Å². The van der Waals surface area contributed by atoms with Crippen LogP contribution in [0.2, 0.25) is 10.0 Å². The highest BCUT2D eigenvalue weighted by Crippen LogP contribution is 2.37. The van der Waals surface area contributed by atoms with Crippen LogP contribution in [-0.2, 0) is 9.84 Å². The van der Waals surface area contributed by atoms with Gasteiger partial charge >= 0.3 is 0 Å². The van der Waals surface area contributed by atoms with E-state index in [-0.39, 0.29) is 25.6 Å². The minimum absolute atomic E-state index is 0.000537. The summed E-state index contributed by atoms with van der Waals surface area (Å²) in [6.45, 7) is 2.91. The molecule has 0 aliphatic carbocycles. The lowest BCUT2D eigenvalue weighted by molar-refractivity contribution is 0.317. The highest BCUT2D eigenvalue weighted by Gasteiger charge is 2.21. The minimum atomic E-state index is -3.76. The maximum absolute atomic E-state index is 12.8. The lowest BCUT2D eigenvalue weighted by atomic mass is 10.3. The molecule has 0 heterocycles. The normalized spacial score (nSPS) is 11.4. The van der Waals surface area contributed by atoms with E-state index < -0.39 is 9.84 Å². The summed E-state index contributed by atoms with van der Waals surface area (Å²) in [4.78, 5) is 0.128. The van der Waals surface area contributed by atoms with Crippen LogP contribution >= 0.6 is 34.8 Å².